The monoisotopic (exact) mass is 406 g/mol. The van der Waals surface area contributed by atoms with Gasteiger partial charge >= 0.3 is 0 Å². The van der Waals surface area contributed by atoms with E-state index in [0.29, 0.717) is 19.4 Å². The fourth-order valence-corrected chi connectivity index (χ4v) is 5.53. The van der Waals surface area contributed by atoms with Crippen LogP contribution in [-0.4, -0.2) is 50.0 Å². The molecule has 0 spiro atoms. The molecule has 0 bridgehead atoms. The SMILES string of the molecule is CCC(=O)N1CCc2cc(S(=O)(=O)CCC(=O)N3CCCCC3CC)ccc21. The van der Waals surface area contributed by atoms with Crippen LogP contribution in [0.2, 0.25) is 0 Å². The van der Waals surface area contributed by atoms with Crippen molar-refractivity contribution < 1.29 is 18.0 Å². The van der Waals surface area contributed by atoms with Gasteiger partial charge in [0.1, 0.15) is 0 Å². The molecule has 2 amide bonds. The van der Waals surface area contributed by atoms with Gasteiger partial charge in [0.15, 0.2) is 9.84 Å². The average molecular weight is 407 g/mol. The number of rotatable bonds is 6. The smallest absolute Gasteiger partial charge is 0.226 e. The van der Waals surface area contributed by atoms with Crippen molar-refractivity contribution in [1.82, 2.24) is 4.90 Å². The van der Waals surface area contributed by atoms with Crippen LogP contribution in [-0.2, 0) is 25.8 Å². The number of anilines is 1. The maximum absolute atomic E-state index is 12.8. The van der Waals surface area contributed by atoms with Gasteiger partial charge in [-0.25, -0.2) is 8.42 Å². The molecule has 1 fully saturated rings. The highest BCUT2D eigenvalue weighted by molar-refractivity contribution is 7.91. The number of benzene rings is 1. The van der Waals surface area contributed by atoms with Crippen LogP contribution in [0.25, 0.3) is 0 Å². The minimum Gasteiger partial charge on any atom is -0.340 e. The van der Waals surface area contributed by atoms with Gasteiger partial charge in [0.05, 0.1) is 10.6 Å². The van der Waals surface area contributed by atoms with Crippen molar-refractivity contribution in [3.8, 4) is 0 Å². The second kappa shape index (κ2) is 8.64. The highest BCUT2D eigenvalue weighted by Crippen LogP contribution is 2.31. The van der Waals surface area contributed by atoms with Gasteiger partial charge in [-0.05, 0) is 55.9 Å². The lowest BCUT2D eigenvalue weighted by molar-refractivity contribution is -0.134. The predicted molar refractivity (Wildman–Crippen MR) is 109 cm³/mol. The zero-order valence-corrected chi connectivity index (χ0v) is 17.6. The Labute approximate surface area is 167 Å². The number of hydrogen-bond acceptors (Lipinski definition) is 4. The number of nitrogens with zero attached hydrogens (tertiary/aromatic N) is 2. The van der Waals surface area contributed by atoms with Gasteiger partial charge in [0.25, 0.3) is 0 Å². The molecular formula is C21H30N2O4S. The standard InChI is InChI=1S/C21H30N2O4S/c1-3-17-7-5-6-12-22(17)21(25)11-14-28(26,27)18-8-9-19-16(15-18)10-13-23(19)20(24)4-2/h8-9,15,17H,3-7,10-14H2,1-2H3. The van der Waals surface area contributed by atoms with E-state index in [9.17, 15) is 18.0 Å². The molecular weight excluding hydrogens is 376 g/mol. The topological polar surface area (TPSA) is 74.8 Å². The number of amides is 2. The van der Waals surface area contributed by atoms with E-state index < -0.39 is 9.84 Å². The molecule has 28 heavy (non-hydrogen) atoms. The number of likely N-dealkylation sites (tertiary alicyclic amines) is 1. The predicted octanol–water partition coefficient (Wildman–Crippen LogP) is 2.94. The summed E-state index contributed by atoms with van der Waals surface area (Å²) >= 11 is 0. The molecule has 1 unspecified atom stereocenters. The maximum atomic E-state index is 12.8. The third-order valence-corrected chi connectivity index (χ3v) is 7.63. The molecule has 7 heteroatoms. The van der Waals surface area contributed by atoms with Crippen LogP contribution in [0, 0.1) is 0 Å². The number of fused-ring (bicyclic) bond motifs is 1. The molecule has 0 aliphatic carbocycles. The molecule has 1 aromatic rings. The summed E-state index contributed by atoms with van der Waals surface area (Å²) in [6.45, 7) is 5.22. The Balaban J connectivity index is 1.68. The second-order valence-corrected chi connectivity index (χ2v) is 9.76. The van der Waals surface area contributed by atoms with Gasteiger partial charge < -0.3 is 9.80 Å². The zero-order chi connectivity index (χ0) is 20.3. The molecule has 1 atom stereocenters. The van der Waals surface area contributed by atoms with Crippen LogP contribution < -0.4 is 4.90 Å². The molecule has 0 N–H and O–H groups in total. The number of carbonyl (C=O) groups excluding carboxylic acids is 2. The number of carbonyl (C=O) groups is 2. The van der Waals surface area contributed by atoms with Gasteiger partial charge in [-0.2, -0.15) is 0 Å². The summed E-state index contributed by atoms with van der Waals surface area (Å²) < 4.78 is 25.6. The first-order chi connectivity index (χ1) is 13.4. The van der Waals surface area contributed by atoms with E-state index in [4.69, 9.17) is 0 Å². The Morgan fingerprint density at radius 1 is 1.11 bits per heavy atom. The lowest BCUT2D eigenvalue weighted by atomic mass is 10.00. The number of hydrogen-bond donors (Lipinski definition) is 0. The first-order valence-electron chi connectivity index (χ1n) is 10.3. The van der Waals surface area contributed by atoms with Gasteiger partial charge in [-0.3, -0.25) is 9.59 Å². The Morgan fingerprint density at radius 3 is 2.61 bits per heavy atom. The van der Waals surface area contributed by atoms with Crippen molar-refractivity contribution in [2.24, 2.45) is 0 Å². The van der Waals surface area contributed by atoms with Crippen LogP contribution in [0.1, 0.15) is 57.9 Å². The molecule has 2 aliphatic heterocycles. The highest BCUT2D eigenvalue weighted by Gasteiger charge is 2.28. The van der Waals surface area contributed by atoms with Crippen LogP contribution in [0.3, 0.4) is 0 Å². The Bertz CT molecular complexity index is 850. The lowest BCUT2D eigenvalue weighted by Gasteiger charge is -2.35. The Hall–Kier alpha value is -1.89. The normalized spacial score (nSPS) is 19.6. The van der Waals surface area contributed by atoms with Gasteiger partial charge in [0.2, 0.25) is 11.8 Å². The number of piperidine rings is 1. The van der Waals surface area contributed by atoms with Crippen molar-refractivity contribution in [2.45, 2.75) is 69.7 Å². The van der Waals surface area contributed by atoms with Crippen molar-refractivity contribution in [3.63, 3.8) is 0 Å². The summed E-state index contributed by atoms with van der Waals surface area (Å²) in [7, 11) is -3.53. The van der Waals surface area contributed by atoms with Crippen LogP contribution >= 0.6 is 0 Å². The van der Waals surface area contributed by atoms with E-state index in [1.54, 1.807) is 23.1 Å². The fraction of sp³-hybridized carbons (Fsp3) is 0.619. The summed E-state index contributed by atoms with van der Waals surface area (Å²) in [4.78, 5) is 28.4. The molecule has 3 rings (SSSR count). The lowest BCUT2D eigenvalue weighted by Crippen LogP contribution is -2.43. The van der Waals surface area contributed by atoms with Crippen LogP contribution in [0.4, 0.5) is 5.69 Å². The first kappa shape index (κ1) is 20.8. The van der Waals surface area contributed by atoms with E-state index in [1.807, 2.05) is 11.8 Å². The molecule has 154 valence electrons. The first-order valence-corrected chi connectivity index (χ1v) is 12.0. The third-order valence-electron chi connectivity index (χ3n) is 5.91. The summed E-state index contributed by atoms with van der Waals surface area (Å²) in [5.41, 5.74) is 1.69. The Kier molecular flexibility index (Phi) is 6.43. The van der Waals surface area contributed by atoms with E-state index in [2.05, 4.69) is 6.92 Å². The second-order valence-electron chi connectivity index (χ2n) is 7.65. The third kappa shape index (κ3) is 4.24. The average Bonchev–Trinajstić information content (AvgIpc) is 3.14. The van der Waals surface area contributed by atoms with Crippen LogP contribution in [0.5, 0.6) is 0 Å². The van der Waals surface area contributed by atoms with Gasteiger partial charge in [-0.15, -0.1) is 0 Å². The van der Waals surface area contributed by atoms with E-state index in [1.165, 1.54) is 0 Å². The Morgan fingerprint density at radius 2 is 1.89 bits per heavy atom. The summed E-state index contributed by atoms with van der Waals surface area (Å²) in [5.74, 6) is -0.183. The van der Waals surface area contributed by atoms with Crippen molar-refractivity contribution >= 4 is 27.3 Å². The molecule has 1 aromatic carbocycles. The van der Waals surface area contributed by atoms with E-state index in [-0.39, 0.29) is 34.9 Å². The molecule has 1 saturated heterocycles. The van der Waals surface area contributed by atoms with Gasteiger partial charge in [-0.1, -0.05) is 13.8 Å². The maximum Gasteiger partial charge on any atom is 0.226 e. The van der Waals surface area contributed by atoms with Crippen molar-refractivity contribution in [1.29, 1.82) is 0 Å². The molecule has 0 saturated carbocycles. The van der Waals surface area contributed by atoms with E-state index in [0.717, 1.165) is 43.5 Å². The zero-order valence-electron chi connectivity index (χ0n) is 16.8. The quantitative estimate of drug-likeness (QED) is 0.728. The highest BCUT2D eigenvalue weighted by atomic mass is 32.2. The van der Waals surface area contributed by atoms with Crippen molar-refractivity contribution in [2.75, 3.05) is 23.7 Å². The summed E-state index contributed by atoms with van der Waals surface area (Å²) in [6, 6.07) is 5.21. The van der Waals surface area contributed by atoms with E-state index >= 15 is 0 Å². The summed E-state index contributed by atoms with van der Waals surface area (Å²) in [5, 5.41) is 0. The largest absolute Gasteiger partial charge is 0.340 e. The molecule has 0 radical (unpaired) electrons. The number of sulfone groups is 1. The fourth-order valence-electron chi connectivity index (χ4n) is 4.26. The molecule has 2 heterocycles. The van der Waals surface area contributed by atoms with Gasteiger partial charge in [0, 0.05) is 37.7 Å². The van der Waals surface area contributed by atoms with Crippen molar-refractivity contribution in [3.05, 3.63) is 23.8 Å². The summed E-state index contributed by atoms with van der Waals surface area (Å²) in [6.07, 6.45) is 5.16. The minimum atomic E-state index is -3.53. The molecule has 6 nitrogen and oxygen atoms in total. The molecule has 0 aromatic heterocycles. The van der Waals surface area contributed by atoms with Crippen LogP contribution in [0.15, 0.2) is 23.1 Å². The minimum absolute atomic E-state index is 0.0242. The molecule has 2 aliphatic rings.